The van der Waals surface area contributed by atoms with Crippen LogP contribution < -0.4 is 0 Å². The van der Waals surface area contributed by atoms with Crippen molar-refractivity contribution in [1.29, 1.82) is 0 Å². The molecule has 1 atom stereocenters. The number of carbonyl (C=O) groups is 1. The van der Waals surface area contributed by atoms with E-state index in [-0.39, 0.29) is 17.4 Å². The van der Waals surface area contributed by atoms with E-state index in [2.05, 4.69) is 14.5 Å². The fourth-order valence-electron chi connectivity index (χ4n) is 3.69. The molecule has 0 aliphatic carbocycles. The fraction of sp³-hybridized carbons (Fsp3) is 0.286. The molecule has 144 valence electrons. The summed E-state index contributed by atoms with van der Waals surface area (Å²) >= 11 is 0. The number of rotatable bonds is 4. The summed E-state index contributed by atoms with van der Waals surface area (Å²) in [5.74, 6) is -1.23. The van der Waals surface area contributed by atoms with Crippen molar-refractivity contribution in [1.82, 2.24) is 19.4 Å². The number of halogens is 2. The Morgan fingerprint density at radius 3 is 2.86 bits per heavy atom. The van der Waals surface area contributed by atoms with Crippen LogP contribution in [-0.4, -0.2) is 38.4 Å². The minimum Gasteiger partial charge on any atom is -0.338 e. The third-order valence-corrected chi connectivity index (χ3v) is 5.06. The number of likely N-dealkylation sites (tertiary alicyclic amines) is 1. The summed E-state index contributed by atoms with van der Waals surface area (Å²) in [6.07, 6.45) is 9.01. The molecule has 1 fully saturated rings. The number of hydrogen-bond acceptors (Lipinski definition) is 3. The molecule has 1 aromatic carbocycles. The molecule has 2 aromatic heterocycles. The van der Waals surface area contributed by atoms with Crippen LogP contribution in [-0.2, 0) is 6.54 Å². The molecule has 1 amide bonds. The zero-order valence-electron chi connectivity index (χ0n) is 15.3. The second-order valence-electron chi connectivity index (χ2n) is 6.99. The smallest absolute Gasteiger partial charge is 0.253 e. The van der Waals surface area contributed by atoms with Crippen LogP contribution in [0.15, 0.2) is 55.1 Å². The molecular formula is C21H20F2N4O. The number of nitrogens with zero attached hydrogens (tertiary/aromatic N) is 4. The van der Waals surface area contributed by atoms with Gasteiger partial charge in [0.2, 0.25) is 0 Å². The molecule has 0 spiro atoms. The third kappa shape index (κ3) is 3.78. The van der Waals surface area contributed by atoms with Gasteiger partial charge in [-0.2, -0.15) is 0 Å². The Hall–Kier alpha value is -3.09. The van der Waals surface area contributed by atoms with Crippen molar-refractivity contribution in [2.75, 3.05) is 13.1 Å². The lowest BCUT2D eigenvalue weighted by atomic mass is 9.96. The number of imidazole rings is 1. The molecule has 1 aliphatic heterocycles. The predicted molar refractivity (Wildman–Crippen MR) is 99.8 cm³/mol. The second kappa shape index (κ2) is 7.88. The summed E-state index contributed by atoms with van der Waals surface area (Å²) in [5, 5.41) is 0. The maximum atomic E-state index is 13.5. The molecule has 28 heavy (non-hydrogen) atoms. The van der Waals surface area contributed by atoms with Gasteiger partial charge in [0.1, 0.15) is 5.82 Å². The maximum Gasteiger partial charge on any atom is 0.253 e. The lowest BCUT2D eigenvalue weighted by Gasteiger charge is -2.32. The van der Waals surface area contributed by atoms with Gasteiger partial charge in [-0.1, -0.05) is 6.07 Å². The summed E-state index contributed by atoms with van der Waals surface area (Å²) in [6.45, 7) is 1.76. The lowest BCUT2D eigenvalue weighted by molar-refractivity contribution is 0.0703. The van der Waals surface area contributed by atoms with E-state index in [1.54, 1.807) is 17.3 Å². The van der Waals surface area contributed by atoms with Gasteiger partial charge in [-0.25, -0.2) is 13.8 Å². The van der Waals surface area contributed by atoms with Crippen LogP contribution >= 0.6 is 0 Å². The Kier molecular flexibility index (Phi) is 5.14. The monoisotopic (exact) mass is 382 g/mol. The highest BCUT2D eigenvalue weighted by Crippen LogP contribution is 2.27. The Bertz CT molecular complexity index is 974. The third-order valence-electron chi connectivity index (χ3n) is 5.06. The van der Waals surface area contributed by atoms with Gasteiger partial charge in [-0.05, 0) is 42.7 Å². The molecule has 5 nitrogen and oxygen atoms in total. The van der Waals surface area contributed by atoms with Gasteiger partial charge in [0.25, 0.3) is 5.91 Å². The zero-order valence-corrected chi connectivity index (χ0v) is 15.3. The number of carbonyl (C=O) groups excluding carboxylic acids is 1. The average molecular weight is 382 g/mol. The van der Waals surface area contributed by atoms with E-state index in [9.17, 15) is 13.6 Å². The van der Waals surface area contributed by atoms with E-state index in [0.717, 1.165) is 36.4 Å². The number of piperidine rings is 1. The van der Waals surface area contributed by atoms with Gasteiger partial charge >= 0.3 is 0 Å². The first kappa shape index (κ1) is 18.3. The highest BCUT2D eigenvalue weighted by atomic mass is 19.2. The minimum absolute atomic E-state index is 0.0923. The normalized spacial score (nSPS) is 16.9. The first-order chi connectivity index (χ1) is 13.6. The van der Waals surface area contributed by atoms with E-state index >= 15 is 0 Å². The van der Waals surface area contributed by atoms with Crippen LogP contribution in [0.1, 0.15) is 40.5 Å². The SMILES string of the molecule is O=C(c1ccc(F)c(F)c1)N1CCC[C@@H](c2nccn2Cc2cccnc2)C1. The van der Waals surface area contributed by atoms with Gasteiger partial charge < -0.3 is 9.47 Å². The largest absolute Gasteiger partial charge is 0.338 e. The molecule has 0 radical (unpaired) electrons. The predicted octanol–water partition coefficient (Wildman–Crippen LogP) is 3.62. The molecule has 0 saturated carbocycles. The molecule has 1 aliphatic rings. The van der Waals surface area contributed by atoms with E-state index < -0.39 is 11.6 Å². The lowest BCUT2D eigenvalue weighted by Crippen LogP contribution is -2.39. The van der Waals surface area contributed by atoms with Crippen molar-refractivity contribution in [3.05, 3.63) is 83.7 Å². The first-order valence-corrected chi connectivity index (χ1v) is 9.26. The van der Waals surface area contributed by atoms with Crippen molar-refractivity contribution in [2.24, 2.45) is 0 Å². The minimum atomic E-state index is -1.01. The summed E-state index contributed by atoms with van der Waals surface area (Å²) in [5.41, 5.74) is 1.24. The summed E-state index contributed by atoms with van der Waals surface area (Å²) in [6, 6.07) is 7.19. The number of pyridine rings is 1. The van der Waals surface area contributed by atoms with E-state index in [1.165, 1.54) is 6.07 Å². The Morgan fingerprint density at radius 1 is 1.18 bits per heavy atom. The molecule has 1 saturated heterocycles. The zero-order chi connectivity index (χ0) is 19.5. The van der Waals surface area contributed by atoms with Gasteiger partial charge in [0.15, 0.2) is 11.6 Å². The molecule has 0 N–H and O–H groups in total. The van der Waals surface area contributed by atoms with Crippen LogP contribution in [0.25, 0.3) is 0 Å². The maximum absolute atomic E-state index is 13.5. The van der Waals surface area contributed by atoms with Crippen molar-refractivity contribution >= 4 is 5.91 Å². The highest BCUT2D eigenvalue weighted by molar-refractivity contribution is 5.94. The van der Waals surface area contributed by atoms with Crippen LogP contribution in [0, 0.1) is 11.6 Å². The molecule has 0 unspecified atom stereocenters. The van der Waals surface area contributed by atoms with Gasteiger partial charge in [-0.15, -0.1) is 0 Å². The molecule has 0 bridgehead atoms. The molecule has 7 heteroatoms. The standard InChI is InChI=1S/C21H20F2N4O/c22-18-6-5-16(11-19(18)23)21(28)27-9-2-4-17(14-27)20-25-8-10-26(20)13-15-3-1-7-24-12-15/h1,3,5-8,10-12,17H,2,4,9,13-14H2/t17-/m1/s1. The highest BCUT2D eigenvalue weighted by Gasteiger charge is 2.28. The number of amides is 1. The Labute approximate surface area is 161 Å². The van der Waals surface area contributed by atoms with Crippen molar-refractivity contribution < 1.29 is 13.6 Å². The van der Waals surface area contributed by atoms with E-state index in [1.807, 2.05) is 24.5 Å². The van der Waals surface area contributed by atoms with Gasteiger partial charge in [-0.3, -0.25) is 9.78 Å². The number of aromatic nitrogens is 3. The van der Waals surface area contributed by atoms with Crippen LogP contribution in [0.3, 0.4) is 0 Å². The summed E-state index contributed by atoms with van der Waals surface area (Å²) < 4.78 is 28.7. The topological polar surface area (TPSA) is 51.0 Å². The van der Waals surface area contributed by atoms with Crippen LogP contribution in [0.5, 0.6) is 0 Å². The van der Waals surface area contributed by atoms with Gasteiger partial charge in [0.05, 0.1) is 6.54 Å². The first-order valence-electron chi connectivity index (χ1n) is 9.26. The fourth-order valence-corrected chi connectivity index (χ4v) is 3.69. The number of benzene rings is 1. The summed E-state index contributed by atoms with van der Waals surface area (Å²) in [7, 11) is 0. The van der Waals surface area contributed by atoms with E-state index in [0.29, 0.717) is 19.6 Å². The average Bonchev–Trinajstić information content (AvgIpc) is 3.18. The Balaban J connectivity index is 1.51. The van der Waals surface area contributed by atoms with Gasteiger partial charge in [0, 0.05) is 49.4 Å². The van der Waals surface area contributed by atoms with Crippen molar-refractivity contribution in [3.63, 3.8) is 0 Å². The van der Waals surface area contributed by atoms with E-state index in [4.69, 9.17) is 0 Å². The van der Waals surface area contributed by atoms with Crippen molar-refractivity contribution in [2.45, 2.75) is 25.3 Å². The number of hydrogen-bond donors (Lipinski definition) is 0. The Morgan fingerprint density at radius 2 is 2.07 bits per heavy atom. The summed E-state index contributed by atoms with van der Waals surface area (Å²) in [4.78, 5) is 23.1. The molecule has 3 aromatic rings. The molecule has 3 heterocycles. The van der Waals surface area contributed by atoms with Crippen molar-refractivity contribution in [3.8, 4) is 0 Å². The molecular weight excluding hydrogens is 362 g/mol. The van der Waals surface area contributed by atoms with Crippen LogP contribution in [0.4, 0.5) is 8.78 Å². The van der Waals surface area contributed by atoms with Crippen LogP contribution in [0.2, 0.25) is 0 Å². The second-order valence-corrected chi connectivity index (χ2v) is 6.99. The molecule has 4 rings (SSSR count). The quantitative estimate of drug-likeness (QED) is 0.693.